The van der Waals surface area contributed by atoms with E-state index in [9.17, 15) is 0 Å². The van der Waals surface area contributed by atoms with E-state index >= 15 is 0 Å². The van der Waals surface area contributed by atoms with Gasteiger partial charge in [-0.3, -0.25) is 0 Å². The van der Waals surface area contributed by atoms with Crippen molar-refractivity contribution >= 4 is 37.2 Å². The molecule has 9 rings (SSSR count). The molecule has 5 nitrogen and oxygen atoms in total. The molecular formula is C40H25N5S. The maximum absolute atomic E-state index is 4.97. The van der Waals surface area contributed by atoms with Gasteiger partial charge in [0.05, 0.1) is 5.69 Å². The van der Waals surface area contributed by atoms with Gasteiger partial charge in [0.1, 0.15) is 5.65 Å². The van der Waals surface area contributed by atoms with Crippen molar-refractivity contribution in [2.24, 2.45) is 0 Å². The second kappa shape index (κ2) is 10.9. The zero-order valence-electron chi connectivity index (χ0n) is 24.6. The standard InChI is InChI=1S/C40H25N5S/c1-2-8-28(9-3-1)38-42-39(44-40(43-38)30-19-15-27(16-20-30)34-25-45-23-7-6-12-37(45)41-34)29-17-13-26(14-18-29)31-21-22-36-33(24-31)32-10-4-5-11-35(32)46-36/h1-25H. The van der Waals surface area contributed by atoms with Crippen molar-refractivity contribution in [3.8, 4) is 56.5 Å². The first kappa shape index (κ1) is 26.4. The van der Waals surface area contributed by atoms with Crippen LogP contribution in [0.5, 0.6) is 0 Å². The average molecular weight is 608 g/mol. The van der Waals surface area contributed by atoms with Crippen LogP contribution in [0.15, 0.2) is 152 Å². The van der Waals surface area contributed by atoms with E-state index < -0.39 is 0 Å². The first-order chi connectivity index (χ1) is 22.7. The Hall–Kier alpha value is -5.98. The normalized spacial score (nSPS) is 11.5. The van der Waals surface area contributed by atoms with Gasteiger partial charge in [-0.2, -0.15) is 0 Å². The van der Waals surface area contributed by atoms with Gasteiger partial charge in [0.2, 0.25) is 0 Å². The maximum Gasteiger partial charge on any atom is 0.164 e. The SMILES string of the molecule is c1ccc(-c2nc(-c3ccc(-c4ccc5sc6ccccc6c5c4)cc3)nc(-c3ccc(-c4cn5ccccc5n4)cc3)n2)cc1. The summed E-state index contributed by atoms with van der Waals surface area (Å²) in [6.07, 6.45) is 4.05. The van der Waals surface area contributed by atoms with Crippen LogP contribution in [-0.2, 0) is 0 Å². The molecule has 0 N–H and O–H groups in total. The molecule has 0 aliphatic carbocycles. The van der Waals surface area contributed by atoms with Gasteiger partial charge in [-0.15, -0.1) is 11.3 Å². The van der Waals surface area contributed by atoms with Crippen molar-refractivity contribution in [1.29, 1.82) is 0 Å². The molecule has 0 saturated carbocycles. The van der Waals surface area contributed by atoms with Crippen LogP contribution in [0.3, 0.4) is 0 Å². The largest absolute Gasteiger partial charge is 0.306 e. The fourth-order valence-corrected chi connectivity index (χ4v) is 7.02. The topological polar surface area (TPSA) is 56.0 Å². The molecule has 4 heterocycles. The average Bonchev–Trinajstić information content (AvgIpc) is 3.74. The van der Waals surface area contributed by atoms with Gasteiger partial charge in [-0.05, 0) is 41.5 Å². The predicted octanol–water partition coefficient (Wildman–Crippen LogP) is 10.2. The first-order valence-corrected chi connectivity index (χ1v) is 15.9. The minimum absolute atomic E-state index is 0.629. The van der Waals surface area contributed by atoms with E-state index in [1.54, 1.807) is 0 Å². The molecule has 0 bridgehead atoms. The molecule has 4 aromatic heterocycles. The number of imidazole rings is 1. The molecule has 0 radical (unpaired) electrons. The van der Waals surface area contributed by atoms with E-state index in [0.717, 1.165) is 39.2 Å². The Morgan fingerprint density at radius 2 is 0.978 bits per heavy atom. The Labute approximate surface area is 269 Å². The molecule has 0 aliphatic heterocycles. The third-order valence-electron chi connectivity index (χ3n) is 8.32. The zero-order valence-corrected chi connectivity index (χ0v) is 25.4. The fourth-order valence-electron chi connectivity index (χ4n) is 5.93. The summed E-state index contributed by atoms with van der Waals surface area (Å²) in [5.41, 5.74) is 8.02. The summed E-state index contributed by atoms with van der Waals surface area (Å²) in [5.74, 6) is 1.91. The Morgan fingerprint density at radius 3 is 1.70 bits per heavy atom. The summed E-state index contributed by atoms with van der Waals surface area (Å²) >= 11 is 1.84. The highest BCUT2D eigenvalue weighted by atomic mass is 32.1. The number of thiophene rings is 1. The number of rotatable bonds is 5. The summed E-state index contributed by atoms with van der Waals surface area (Å²) in [6, 6.07) is 48.2. The van der Waals surface area contributed by atoms with Crippen molar-refractivity contribution in [2.75, 3.05) is 0 Å². The molecule has 0 atom stereocenters. The minimum atomic E-state index is 0.629. The van der Waals surface area contributed by atoms with Crippen LogP contribution in [0.2, 0.25) is 0 Å². The van der Waals surface area contributed by atoms with Crippen LogP contribution in [0.25, 0.3) is 82.4 Å². The highest BCUT2D eigenvalue weighted by Gasteiger charge is 2.14. The van der Waals surface area contributed by atoms with E-state index in [-0.39, 0.29) is 0 Å². The van der Waals surface area contributed by atoms with E-state index in [4.69, 9.17) is 19.9 Å². The van der Waals surface area contributed by atoms with Crippen molar-refractivity contribution in [3.63, 3.8) is 0 Å². The van der Waals surface area contributed by atoms with Crippen LogP contribution >= 0.6 is 11.3 Å². The van der Waals surface area contributed by atoms with Gasteiger partial charge in [0.25, 0.3) is 0 Å². The smallest absolute Gasteiger partial charge is 0.164 e. The van der Waals surface area contributed by atoms with Crippen LogP contribution in [-0.4, -0.2) is 24.3 Å². The second-order valence-corrected chi connectivity index (χ2v) is 12.3. The molecule has 6 heteroatoms. The lowest BCUT2D eigenvalue weighted by atomic mass is 10.0. The number of hydrogen-bond acceptors (Lipinski definition) is 5. The lowest BCUT2D eigenvalue weighted by Crippen LogP contribution is -2.00. The van der Waals surface area contributed by atoms with Gasteiger partial charge in [0, 0.05) is 54.8 Å². The Morgan fingerprint density at radius 1 is 0.413 bits per heavy atom. The molecule has 5 aromatic carbocycles. The van der Waals surface area contributed by atoms with E-state index in [1.807, 2.05) is 76.7 Å². The molecule has 46 heavy (non-hydrogen) atoms. The third kappa shape index (κ3) is 4.72. The van der Waals surface area contributed by atoms with Gasteiger partial charge < -0.3 is 4.40 Å². The molecule has 0 amide bonds. The molecular weight excluding hydrogens is 583 g/mol. The summed E-state index contributed by atoms with van der Waals surface area (Å²) in [6.45, 7) is 0. The van der Waals surface area contributed by atoms with Gasteiger partial charge in [-0.25, -0.2) is 19.9 Å². The fraction of sp³-hybridized carbons (Fsp3) is 0. The summed E-state index contributed by atoms with van der Waals surface area (Å²) in [7, 11) is 0. The highest BCUT2D eigenvalue weighted by Crippen LogP contribution is 2.36. The Balaban J connectivity index is 1.08. The molecule has 0 spiro atoms. The second-order valence-electron chi connectivity index (χ2n) is 11.2. The minimum Gasteiger partial charge on any atom is -0.306 e. The highest BCUT2D eigenvalue weighted by molar-refractivity contribution is 7.25. The number of aromatic nitrogens is 5. The summed E-state index contributed by atoms with van der Waals surface area (Å²) < 4.78 is 4.65. The van der Waals surface area contributed by atoms with Crippen molar-refractivity contribution in [3.05, 3.63) is 152 Å². The molecule has 0 saturated heterocycles. The van der Waals surface area contributed by atoms with Gasteiger partial charge >= 0.3 is 0 Å². The van der Waals surface area contributed by atoms with E-state index in [0.29, 0.717) is 17.5 Å². The lowest BCUT2D eigenvalue weighted by molar-refractivity contribution is 1.07. The van der Waals surface area contributed by atoms with Crippen LogP contribution in [0.1, 0.15) is 0 Å². The van der Waals surface area contributed by atoms with Gasteiger partial charge in [0.15, 0.2) is 17.5 Å². The Bertz CT molecular complexity index is 2480. The van der Waals surface area contributed by atoms with Crippen molar-refractivity contribution in [2.45, 2.75) is 0 Å². The number of benzene rings is 5. The Kier molecular flexibility index (Phi) is 6.25. The quantitative estimate of drug-likeness (QED) is 0.195. The first-order valence-electron chi connectivity index (χ1n) is 15.1. The predicted molar refractivity (Wildman–Crippen MR) is 189 cm³/mol. The molecule has 0 unspecified atom stereocenters. The van der Waals surface area contributed by atoms with Crippen molar-refractivity contribution in [1.82, 2.24) is 24.3 Å². The van der Waals surface area contributed by atoms with Crippen LogP contribution in [0.4, 0.5) is 0 Å². The lowest BCUT2D eigenvalue weighted by Gasteiger charge is -2.09. The van der Waals surface area contributed by atoms with E-state index in [1.165, 1.54) is 25.7 Å². The van der Waals surface area contributed by atoms with Gasteiger partial charge in [-0.1, -0.05) is 109 Å². The maximum atomic E-state index is 4.97. The number of hydrogen-bond donors (Lipinski definition) is 0. The number of pyridine rings is 1. The summed E-state index contributed by atoms with van der Waals surface area (Å²) in [4.78, 5) is 19.6. The third-order valence-corrected chi connectivity index (χ3v) is 9.48. The van der Waals surface area contributed by atoms with E-state index in [2.05, 4.69) is 91.0 Å². The number of fused-ring (bicyclic) bond motifs is 4. The van der Waals surface area contributed by atoms with Crippen LogP contribution in [0, 0.1) is 0 Å². The van der Waals surface area contributed by atoms with Crippen molar-refractivity contribution < 1.29 is 0 Å². The molecule has 9 aromatic rings. The zero-order chi connectivity index (χ0) is 30.5. The molecule has 0 fully saturated rings. The molecule has 0 aliphatic rings. The summed E-state index contributed by atoms with van der Waals surface area (Å²) in [5, 5.41) is 2.60. The molecule has 216 valence electrons. The van der Waals surface area contributed by atoms with Crippen LogP contribution < -0.4 is 0 Å². The number of nitrogens with zero attached hydrogens (tertiary/aromatic N) is 5. The monoisotopic (exact) mass is 607 g/mol.